The summed E-state index contributed by atoms with van der Waals surface area (Å²) in [5.74, 6) is -0.233. The maximum absolute atomic E-state index is 11.1. The summed E-state index contributed by atoms with van der Waals surface area (Å²) in [6.07, 6.45) is 0.193. The van der Waals surface area contributed by atoms with Gasteiger partial charge in [0.05, 0.1) is 19.4 Å². The van der Waals surface area contributed by atoms with Gasteiger partial charge in [0.25, 0.3) is 0 Å². The first-order valence-corrected chi connectivity index (χ1v) is 4.79. The zero-order valence-electron chi connectivity index (χ0n) is 8.77. The lowest BCUT2D eigenvalue weighted by Gasteiger charge is -2.30. The molecule has 1 aliphatic rings. The monoisotopic (exact) mass is 215 g/mol. The molecule has 0 aliphatic carbocycles. The second-order valence-electron chi connectivity index (χ2n) is 3.44. The molecule has 1 rings (SSSR count). The summed E-state index contributed by atoms with van der Waals surface area (Å²) in [6, 6.07) is -0.519. The topological polar surface area (TPSA) is 106 Å². The Balaban J connectivity index is 2.24. The Morgan fingerprint density at radius 1 is 1.67 bits per heavy atom. The third kappa shape index (κ3) is 4.61. The first-order chi connectivity index (χ1) is 7.08. The van der Waals surface area contributed by atoms with Crippen molar-refractivity contribution in [3.63, 3.8) is 0 Å². The number of amides is 2. The summed E-state index contributed by atoms with van der Waals surface area (Å²) < 4.78 is 5.36. The summed E-state index contributed by atoms with van der Waals surface area (Å²) in [7, 11) is 0. The molecule has 7 nitrogen and oxygen atoms in total. The number of nitrogens with one attached hydrogen (secondary N) is 1. The van der Waals surface area contributed by atoms with Crippen LogP contribution in [0.4, 0.5) is 4.79 Å². The molecule has 7 heteroatoms. The third-order valence-electron chi connectivity index (χ3n) is 2.01. The van der Waals surface area contributed by atoms with E-state index in [4.69, 9.17) is 16.2 Å². The number of rotatable bonds is 2. The molecule has 1 unspecified atom stereocenters. The average Bonchev–Trinajstić information content (AvgIpc) is 2.14. The highest BCUT2D eigenvalue weighted by molar-refractivity contribution is 5.90. The van der Waals surface area contributed by atoms with Crippen molar-refractivity contribution in [2.24, 2.45) is 16.5 Å². The predicted molar refractivity (Wildman–Crippen MR) is 56.2 cm³/mol. The van der Waals surface area contributed by atoms with E-state index in [1.807, 2.05) is 6.92 Å². The number of ether oxygens (including phenoxy) is 1. The Bertz CT molecular complexity index is 251. The van der Waals surface area contributed by atoms with Crippen molar-refractivity contribution >= 4 is 12.0 Å². The van der Waals surface area contributed by atoms with Crippen LogP contribution in [-0.4, -0.2) is 49.4 Å². The minimum absolute atomic E-state index is 0.193. The van der Waals surface area contributed by atoms with Gasteiger partial charge in [-0.1, -0.05) is 0 Å². The molecule has 15 heavy (non-hydrogen) atoms. The van der Waals surface area contributed by atoms with E-state index in [1.165, 1.54) is 0 Å². The van der Waals surface area contributed by atoms with Gasteiger partial charge in [-0.15, -0.1) is 0 Å². The number of guanidine groups is 1. The van der Waals surface area contributed by atoms with Gasteiger partial charge in [0, 0.05) is 13.1 Å². The number of aliphatic imine (C=N–C) groups is 1. The van der Waals surface area contributed by atoms with Crippen LogP contribution in [0.2, 0.25) is 0 Å². The summed E-state index contributed by atoms with van der Waals surface area (Å²) >= 11 is 0. The fourth-order valence-corrected chi connectivity index (χ4v) is 1.37. The van der Waals surface area contributed by atoms with Crippen molar-refractivity contribution in [2.45, 2.75) is 13.0 Å². The Morgan fingerprint density at radius 2 is 2.40 bits per heavy atom. The lowest BCUT2D eigenvalue weighted by molar-refractivity contribution is -0.0195. The van der Waals surface area contributed by atoms with Crippen LogP contribution in [-0.2, 0) is 4.74 Å². The first kappa shape index (κ1) is 11.7. The molecule has 1 heterocycles. The molecule has 0 aromatic rings. The van der Waals surface area contributed by atoms with Crippen molar-refractivity contribution in [3.8, 4) is 0 Å². The fourth-order valence-electron chi connectivity index (χ4n) is 1.37. The molecule has 1 aliphatic heterocycles. The number of hydrogen-bond acceptors (Lipinski definition) is 3. The predicted octanol–water partition coefficient (Wildman–Crippen LogP) is -1.35. The summed E-state index contributed by atoms with van der Waals surface area (Å²) in [6.45, 7) is 4.70. The van der Waals surface area contributed by atoms with Crippen LogP contribution in [0.5, 0.6) is 0 Å². The minimum Gasteiger partial charge on any atom is -0.376 e. The fraction of sp³-hybridized carbons (Fsp3) is 0.750. The van der Waals surface area contributed by atoms with Gasteiger partial charge < -0.3 is 21.5 Å². The van der Waals surface area contributed by atoms with E-state index in [1.54, 1.807) is 0 Å². The number of urea groups is 1. The molecule has 5 N–H and O–H groups in total. The zero-order valence-corrected chi connectivity index (χ0v) is 8.77. The highest BCUT2D eigenvalue weighted by atomic mass is 16.5. The zero-order chi connectivity index (χ0) is 11.3. The number of nitrogens with two attached hydrogens (primary N) is 2. The summed E-state index contributed by atoms with van der Waals surface area (Å²) in [5.41, 5.74) is 10.1. The van der Waals surface area contributed by atoms with Gasteiger partial charge in [0.15, 0.2) is 5.96 Å². The van der Waals surface area contributed by atoms with Crippen molar-refractivity contribution < 1.29 is 9.53 Å². The normalized spacial score (nSPS) is 22.1. The molecule has 0 bridgehead atoms. The molecular weight excluding hydrogens is 198 g/mol. The Kier molecular flexibility index (Phi) is 4.32. The third-order valence-corrected chi connectivity index (χ3v) is 2.01. The summed E-state index contributed by atoms with van der Waals surface area (Å²) in [4.78, 5) is 16.5. The van der Waals surface area contributed by atoms with E-state index in [-0.39, 0.29) is 12.1 Å². The van der Waals surface area contributed by atoms with Crippen LogP contribution in [0.25, 0.3) is 0 Å². The van der Waals surface area contributed by atoms with Crippen LogP contribution >= 0.6 is 0 Å². The molecule has 1 fully saturated rings. The molecule has 0 spiro atoms. The molecule has 1 atom stereocenters. The van der Waals surface area contributed by atoms with Crippen molar-refractivity contribution in [3.05, 3.63) is 0 Å². The van der Waals surface area contributed by atoms with Crippen LogP contribution < -0.4 is 16.8 Å². The van der Waals surface area contributed by atoms with Crippen molar-refractivity contribution in [1.82, 2.24) is 10.2 Å². The van der Waals surface area contributed by atoms with E-state index in [9.17, 15) is 4.79 Å². The number of nitrogens with zero attached hydrogens (tertiary/aromatic N) is 2. The SMILES string of the molecule is CC1CN(CNC(=O)N=C(N)N)CCO1. The van der Waals surface area contributed by atoms with Gasteiger partial charge in [0.2, 0.25) is 0 Å². The van der Waals surface area contributed by atoms with Crippen molar-refractivity contribution in [1.29, 1.82) is 0 Å². The van der Waals surface area contributed by atoms with E-state index in [0.29, 0.717) is 13.3 Å². The first-order valence-electron chi connectivity index (χ1n) is 4.79. The summed E-state index contributed by atoms with van der Waals surface area (Å²) in [5, 5.41) is 2.59. The van der Waals surface area contributed by atoms with Crippen LogP contribution in [0.15, 0.2) is 4.99 Å². The van der Waals surface area contributed by atoms with E-state index >= 15 is 0 Å². The Labute approximate surface area is 88.4 Å². The van der Waals surface area contributed by atoms with E-state index < -0.39 is 6.03 Å². The van der Waals surface area contributed by atoms with Gasteiger partial charge in [-0.05, 0) is 6.92 Å². The molecule has 0 aromatic heterocycles. The average molecular weight is 215 g/mol. The van der Waals surface area contributed by atoms with Crippen LogP contribution in [0, 0.1) is 0 Å². The van der Waals surface area contributed by atoms with Gasteiger partial charge in [0.1, 0.15) is 0 Å². The highest BCUT2D eigenvalue weighted by Gasteiger charge is 2.16. The molecule has 1 saturated heterocycles. The quantitative estimate of drug-likeness (QED) is 0.390. The van der Waals surface area contributed by atoms with Crippen LogP contribution in [0.1, 0.15) is 6.92 Å². The number of carbonyl (C=O) groups excluding carboxylic acids is 1. The molecule has 0 radical (unpaired) electrons. The van der Waals surface area contributed by atoms with Gasteiger partial charge in [-0.2, -0.15) is 4.99 Å². The largest absolute Gasteiger partial charge is 0.376 e. The van der Waals surface area contributed by atoms with Gasteiger partial charge in [-0.25, -0.2) is 4.79 Å². The molecule has 86 valence electrons. The number of carbonyl (C=O) groups is 1. The number of morpholine rings is 1. The second-order valence-corrected chi connectivity index (χ2v) is 3.44. The minimum atomic E-state index is -0.519. The maximum atomic E-state index is 11.1. The maximum Gasteiger partial charge on any atom is 0.345 e. The lowest BCUT2D eigenvalue weighted by Crippen LogP contribution is -2.46. The van der Waals surface area contributed by atoms with Crippen molar-refractivity contribution in [2.75, 3.05) is 26.4 Å². The molecule has 0 aromatic carbocycles. The Morgan fingerprint density at radius 3 is 3.00 bits per heavy atom. The molecule has 0 saturated carbocycles. The van der Waals surface area contributed by atoms with Crippen LogP contribution in [0.3, 0.4) is 0 Å². The van der Waals surface area contributed by atoms with Gasteiger partial charge in [-0.3, -0.25) is 4.90 Å². The number of hydrogen-bond donors (Lipinski definition) is 3. The standard InChI is InChI=1S/C8H17N5O2/c1-6-4-13(2-3-15-6)5-11-8(14)12-7(9)10/h6H,2-5H2,1H3,(H5,9,10,11,12,14). The van der Waals surface area contributed by atoms with Gasteiger partial charge >= 0.3 is 6.03 Å². The Hall–Kier alpha value is -1.34. The molecular formula is C8H17N5O2. The lowest BCUT2D eigenvalue weighted by atomic mass is 10.3. The second kappa shape index (κ2) is 5.52. The smallest absolute Gasteiger partial charge is 0.345 e. The van der Waals surface area contributed by atoms with E-state index in [0.717, 1.165) is 13.1 Å². The van der Waals surface area contributed by atoms with E-state index in [2.05, 4.69) is 15.2 Å². The molecule has 2 amide bonds. The highest BCUT2D eigenvalue weighted by Crippen LogP contribution is 2.02.